The van der Waals surface area contributed by atoms with Crippen LogP contribution in [-0.2, 0) is 21.3 Å². The van der Waals surface area contributed by atoms with Gasteiger partial charge in [0.2, 0.25) is 0 Å². The SMILES string of the molecule is CCP(=O)(CC)c1ccc(-n2ccn(-c3c(-c4cc(C)c(F)c(C)c4)nn4c3[C@H](C)N(C(=O)c3cc5cc(C6CCOCC6)ccn5c3C3(c5noc(=O)[nH]5)CC3)CC4)c2=O)cc1NC. The molecule has 3 aliphatic rings. The second kappa shape index (κ2) is 16.0. The maximum absolute atomic E-state index is 15.4. The average molecular weight is 902 g/mol. The fourth-order valence-corrected chi connectivity index (χ4v) is 12.4. The third-order valence-electron chi connectivity index (χ3n) is 14.2. The van der Waals surface area contributed by atoms with E-state index >= 15 is 9.18 Å². The lowest BCUT2D eigenvalue weighted by atomic mass is 9.92. The molecule has 10 rings (SSSR count). The van der Waals surface area contributed by atoms with Gasteiger partial charge in [0.15, 0.2) is 5.82 Å². The first kappa shape index (κ1) is 42.7. The lowest BCUT2D eigenvalue weighted by molar-refractivity contribution is 0.0635. The molecule has 15 nitrogen and oxygen atoms in total. The largest absolute Gasteiger partial charge is 0.438 e. The summed E-state index contributed by atoms with van der Waals surface area (Å²) in [6.45, 7) is 11.3. The van der Waals surface area contributed by atoms with Gasteiger partial charge in [-0.1, -0.05) is 19.0 Å². The van der Waals surface area contributed by atoms with Gasteiger partial charge in [0.1, 0.15) is 24.3 Å². The molecule has 1 saturated heterocycles. The predicted octanol–water partition coefficient (Wildman–Crippen LogP) is 7.44. The molecule has 2 aromatic carbocycles. The van der Waals surface area contributed by atoms with Crippen LogP contribution in [0.15, 0.2) is 81.2 Å². The maximum Gasteiger partial charge on any atom is 0.438 e. The number of nitrogens with zero attached hydrogens (tertiary/aromatic N) is 7. The van der Waals surface area contributed by atoms with Crippen molar-refractivity contribution >= 4 is 29.6 Å². The fourth-order valence-electron chi connectivity index (χ4n) is 10.4. The number of amides is 1. The van der Waals surface area contributed by atoms with Gasteiger partial charge in [0, 0.05) is 85.5 Å². The van der Waals surface area contributed by atoms with Gasteiger partial charge in [0.25, 0.3) is 5.91 Å². The lowest BCUT2D eigenvalue weighted by Gasteiger charge is -2.35. The normalized spacial score (nSPS) is 17.5. The van der Waals surface area contributed by atoms with Gasteiger partial charge >= 0.3 is 11.4 Å². The molecule has 1 saturated carbocycles. The summed E-state index contributed by atoms with van der Waals surface area (Å²) in [5.74, 6) is -0.462. The van der Waals surface area contributed by atoms with Gasteiger partial charge in [-0.15, -0.1) is 0 Å². The topological polar surface area (TPSA) is 167 Å². The van der Waals surface area contributed by atoms with Gasteiger partial charge in [-0.05, 0) is 118 Å². The first-order chi connectivity index (χ1) is 31.3. The van der Waals surface area contributed by atoms with Crippen LogP contribution in [0.2, 0.25) is 0 Å². The van der Waals surface area contributed by atoms with E-state index in [-0.39, 0.29) is 17.4 Å². The number of hydrogen-bond acceptors (Lipinski definition) is 9. The van der Waals surface area contributed by atoms with Gasteiger partial charge in [-0.2, -0.15) is 5.10 Å². The first-order valence-electron chi connectivity index (χ1n) is 22.5. The van der Waals surface area contributed by atoms with E-state index in [4.69, 9.17) is 14.4 Å². The van der Waals surface area contributed by atoms with Crippen LogP contribution in [0.3, 0.4) is 0 Å². The highest BCUT2D eigenvalue weighted by Gasteiger charge is 2.54. The summed E-state index contributed by atoms with van der Waals surface area (Å²) < 4.78 is 46.7. The average Bonchev–Trinajstić information content (AvgIpc) is 3.60. The van der Waals surface area contributed by atoms with Crippen molar-refractivity contribution in [1.82, 2.24) is 38.4 Å². The Kier molecular flexibility index (Phi) is 10.5. The quantitative estimate of drug-likeness (QED) is 0.126. The molecule has 0 radical (unpaired) electrons. The molecule has 17 heteroatoms. The molecule has 0 spiro atoms. The Hall–Kier alpha value is -6.25. The van der Waals surface area contributed by atoms with E-state index < -0.39 is 24.4 Å². The summed E-state index contributed by atoms with van der Waals surface area (Å²) in [5.41, 5.74) is 6.55. The molecule has 2 fully saturated rings. The molecule has 7 aromatic rings. The first-order valence-corrected chi connectivity index (χ1v) is 24.6. The number of halogens is 1. The highest BCUT2D eigenvalue weighted by Crippen LogP contribution is 2.54. The molecule has 5 aromatic heterocycles. The van der Waals surface area contributed by atoms with Crippen molar-refractivity contribution in [3.8, 4) is 22.6 Å². The predicted molar refractivity (Wildman–Crippen MR) is 247 cm³/mol. The number of ether oxygens (including phenoxy) is 1. The number of aromatic amines is 1. The molecular weight excluding hydrogens is 849 g/mol. The Bertz CT molecular complexity index is 3170. The van der Waals surface area contributed by atoms with Crippen molar-refractivity contribution in [2.75, 3.05) is 44.4 Å². The Balaban J connectivity index is 1.10. The highest BCUT2D eigenvalue weighted by atomic mass is 31.2. The zero-order chi connectivity index (χ0) is 45.5. The summed E-state index contributed by atoms with van der Waals surface area (Å²) in [7, 11) is -0.867. The zero-order valence-electron chi connectivity index (χ0n) is 37.5. The molecule has 1 aliphatic carbocycles. The zero-order valence-corrected chi connectivity index (χ0v) is 38.4. The van der Waals surface area contributed by atoms with E-state index in [1.165, 1.54) is 10.1 Å². The molecule has 2 aliphatic heterocycles. The number of hydrogen-bond donors (Lipinski definition) is 2. The van der Waals surface area contributed by atoms with Crippen LogP contribution in [0.4, 0.5) is 10.1 Å². The molecule has 1 atom stereocenters. The summed E-state index contributed by atoms with van der Waals surface area (Å²) in [6.07, 6.45) is 9.59. The van der Waals surface area contributed by atoms with Crippen molar-refractivity contribution in [1.29, 1.82) is 0 Å². The van der Waals surface area contributed by atoms with Crippen molar-refractivity contribution in [3.63, 3.8) is 0 Å². The van der Waals surface area contributed by atoms with E-state index in [0.29, 0.717) is 114 Å². The van der Waals surface area contributed by atoms with Crippen LogP contribution in [0.5, 0.6) is 0 Å². The molecule has 65 heavy (non-hydrogen) atoms. The monoisotopic (exact) mass is 901 g/mol. The smallest absolute Gasteiger partial charge is 0.387 e. The fraction of sp³-hybridized carbons (Fsp3) is 0.396. The Morgan fingerprint density at radius 2 is 1.69 bits per heavy atom. The summed E-state index contributed by atoms with van der Waals surface area (Å²) in [4.78, 5) is 47.2. The number of H-pyrrole nitrogens is 1. The summed E-state index contributed by atoms with van der Waals surface area (Å²) >= 11 is 0. The van der Waals surface area contributed by atoms with Gasteiger partial charge < -0.3 is 23.9 Å². The molecule has 338 valence electrons. The van der Waals surface area contributed by atoms with Crippen LogP contribution >= 0.6 is 7.14 Å². The van der Waals surface area contributed by atoms with E-state index in [1.54, 1.807) is 50.0 Å². The minimum Gasteiger partial charge on any atom is -0.387 e. The number of carbonyl (C=O) groups is 1. The van der Waals surface area contributed by atoms with Crippen LogP contribution in [0.1, 0.15) is 103 Å². The summed E-state index contributed by atoms with van der Waals surface area (Å²) in [5, 5.41) is 13.2. The van der Waals surface area contributed by atoms with Gasteiger partial charge in [0.05, 0.1) is 34.9 Å². The minimum absolute atomic E-state index is 0.213. The molecule has 0 bridgehead atoms. The van der Waals surface area contributed by atoms with Crippen LogP contribution < -0.4 is 22.1 Å². The number of benzene rings is 2. The van der Waals surface area contributed by atoms with E-state index in [0.717, 1.165) is 29.4 Å². The van der Waals surface area contributed by atoms with Gasteiger partial charge in [-0.3, -0.25) is 28.1 Å². The number of aryl methyl sites for hydroxylation is 2. The lowest BCUT2D eigenvalue weighted by Crippen LogP contribution is -2.42. The number of carbonyl (C=O) groups excluding carboxylic acids is 1. The third kappa shape index (κ3) is 6.86. The van der Waals surface area contributed by atoms with Crippen molar-refractivity contribution in [2.24, 2.45) is 0 Å². The van der Waals surface area contributed by atoms with Crippen molar-refractivity contribution in [2.45, 2.75) is 84.2 Å². The van der Waals surface area contributed by atoms with Crippen molar-refractivity contribution < 1.29 is 23.0 Å². The van der Waals surface area contributed by atoms with Crippen LogP contribution in [0.25, 0.3) is 28.1 Å². The van der Waals surface area contributed by atoms with Crippen molar-refractivity contribution in [3.05, 3.63) is 133 Å². The summed E-state index contributed by atoms with van der Waals surface area (Å²) in [6, 6.07) is 14.6. The molecule has 1 amide bonds. The Morgan fingerprint density at radius 1 is 0.969 bits per heavy atom. The Morgan fingerprint density at radius 3 is 2.35 bits per heavy atom. The number of pyridine rings is 1. The van der Waals surface area contributed by atoms with E-state index in [9.17, 15) is 14.2 Å². The minimum atomic E-state index is -2.65. The number of nitrogens with one attached hydrogen (secondary N) is 2. The second-order valence-corrected chi connectivity index (χ2v) is 21.3. The number of anilines is 1. The molecule has 0 unspecified atom stereocenters. The highest BCUT2D eigenvalue weighted by molar-refractivity contribution is 7.71. The standard InChI is InChI=1S/C48H53FN9O6P/c1-7-65(62,8-2)38-10-9-34(27-37(38)50-6)56-17-18-57(47(56)61)42-40(33-23-28(3)39(49)29(4)24-33)52-58-20-19-54(30(5)41(42)58)44(59)36-26-35-25-32(31-12-21-63-22-13-31)11-16-55(35)43(36)48(14-15-48)45-51-46(60)64-53-45/h9-11,16-18,23-27,30-31,50H,7-8,12-15,19-22H2,1-6H3,(H,51,53,60)/t30-/m0/s1. The number of rotatable bonds is 11. The molecule has 7 heterocycles. The van der Waals surface area contributed by atoms with Crippen LogP contribution in [-0.4, -0.2) is 83.4 Å². The van der Waals surface area contributed by atoms with Gasteiger partial charge in [-0.25, -0.2) is 14.0 Å². The van der Waals surface area contributed by atoms with E-state index in [1.807, 2.05) is 60.8 Å². The molecule has 2 N–H and O–H groups in total. The van der Waals surface area contributed by atoms with E-state index in [2.05, 4.69) is 32.0 Å². The number of fused-ring (bicyclic) bond motifs is 2. The second-order valence-electron chi connectivity index (χ2n) is 17.8. The number of imidazole rings is 1. The Labute approximate surface area is 374 Å². The van der Waals surface area contributed by atoms with Crippen LogP contribution in [0, 0.1) is 19.7 Å². The maximum atomic E-state index is 15.4. The number of aromatic nitrogens is 7. The third-order valence-corrected chi connectivity index (χ3v) is 17.5. The molecular formula is C48H53FN9O6P.